The number of aliphatic hydroxyl groups excluding tert-OH is 2. The second-order valence-corrected chi connectivity index (χ2v) is 4.13. The van der Waals surface area contributed by atoms with E-state index < -0.39 is 12.4 Å². The molecule has 3 atom stereocenters. The van der Waals surface area contributed by atoms with Crippen molar-refractivity contribution in [3.05, 3.63) is 12.7 Å². The molecule has 1 fully saturated rings. The number of aliphatic hydroxyl groups is 2. The Morgan fingerprint density at radius 2 is 2.12 bits per heavy atom. The van der Waals surface area contributed by atoms with E-state index in [1.165, 1.54) is 0 Å². The highest BCUT2D eigenvalue weighted by atomic mass is 16.6. The third-order valence-electron chi connectivity index (χ3n) is 2.74. The molecule has 2 N–H and O–H groups in total. The lowest BCUT2D eigenvalue weighted by atomic mass is 9.95. The fourth-order valence-corrected chi connectivity index (χ4v) is 1.86. The highest BCUT2D eigenvalue weighted by molar-refractivity contribution is 4.75. The molecule has 4 heteroatoms. The molecule has 4 nitrogen and oxygen atoms in total. The van der Waals surface area contributed by atoms with Crippen molar-refractivity contribution in [1.29, 1.82) is 0 Å². The summed E-state index contributed by atoms with van der Waals surface area (Å²) < 4.78 is 10.5. The van der Waals surface area contributed by atoms with Crippen molar-refractivity contribution in [2.45, 2.75) is 50.6 Å². The molecule has 0 aliphatic heterocycles. The molecule has 0 heterocycles. The van der Waals surface area contributed by atoms with Crippen molar-refractivity contribution < 1.29 is 19.7 Å². The minimum Gasteiger partial charge on any atom is -0.390 e. The van der Waals surface area contributed by atoms with Gasteiger partial charge in [0.2, 0.25) is 0 Å². The second-order valence-electron chi connectivity index (χ2n) is 4.13. The SMILES string of the molecule is C=CCOCCC(O)O[C@@H]1CCCC[C@H]1O. The molecular weight excluding hydrogens is 208 g/mol. The molecule has 16 heavy (non-hydrogen) atoms. The van der Waals surface area contributed by atoms with Gasteiger partial charge in [-0.25, -0.2) is 0 Å². The van der Waals surface area contributed by atoms with Crippen molar-refractivity contribution in [3.8, 4) is 0 Å². The molecule has 0 radical (unpaired) electrons. The number of hydrogen-bond acceptors (Lipinski definition) is 4. The van der Waals surface area contributed by atoms with Crippen molar-refractivity contribution in [1.82, 2.24) is 0 Å². The Hall–Kier alpha value is -0.420. The first kappa shape index (κ1) is 13.6. The molecule has 1 unspecified atom stereocenters. The molecule has 1 aliphatic carbocycles. The number of rotatable bonds is 7. The van der Waals surface area contributed by atoms with Crippen LogP contribution < -0.4 is 0 Å². The van der Waals surface area contributed by atoms with Crippen LogP contribution >= 0.6 is 0 Å². The van der Waals surface area contributed by atoms with Gasteiger partial charge in [0.1, 0.15) is 0 Å². The quantitative estimate of drug-likeness (QED) is 0.392. The Bertz CT molecular complexity index is 195. The third-order valence-corrected chi connectivity index (χ3v) is 2.74. The number of ether oxygens (including phenoxy) is 2. The summed E-state index contributed by atoms with van der Waals surface area (Å²) in [4.78, 5) is 0. The van der Waals surface area contributed by atoms with Crippen molar-refractivity contribution in [3.63, 3.8) is 0 Å². The minimum absolute atomic E-state index is 0.219. The summed E-state index contributed by atoms with van der Waals surface area (Å²) in [5.41, 5.74) is 0. The van der Waals surface area contributed by atoms with E-state index in [2.05, 4.69) is 6.58 Å². The molecule has 1 saturated carbocycles. The maximum atomic E-state index is 9.65. The summed E-state index contributed by atoms with van der Waals surface area (Å²) in [7, 11) is 0. The normalized spacial score (nSPS) is 27.6. The maximum Gasteiger partial charge on any atom is 0.157 e. The van der Waals surface area contributed by atoms with Crippen LogP contribution in [0.1, 0.15) is 32.1 Å². The zero-order valence-electron chi connectivity index (χ0n) is 9.68. The van der Waals surface area contributed by atoms with E-state index in [0.29, 0.717) is 19.6 Å². The number of hydrogen-bond donors (Lipinski definition) is 2. The molecular formula is C12H22O4. The van der Waals surface area contributed by atoms with Crippen LogP contribution in [0.25, 0.3) is 0 Å². The lowest BCUT2D eigenvalue weighted by Crippen LogP contribution is -2.35. The Morgan fingerprint density at radius 3 is 2.81 bits per heavy atom. The lowest BCUT2D eigenvalue weighted by molar-refractivity contribution is -0.180. The van der Waals surface area contributed by atoms with Crippen LogP contribution in [-0.2, 0) is 9.47 Å². The van der Waals surface area contributed by atoms with E-state index in [1.807, 2.05) is 0 Å². The molecule has 0 aromatic heterocycles. The van der Waals surface area contributed by atoms with Crippen LogP contribution in [0.5, 0.6) is 0 Å². The van der Waals surface area contributed by atoms with E-state index >= 15 is 0 Å². The van der Waals surface area contributed by atoms with Crippen LogP contribution in [0.2, 0.25) is 0 Å². The summed E-state index contributed by atoms with van der Waals surface area (Å²) in [6.07, 6.45) is 4.29. The lowest BCUT2D eigenvalue weighted by Gasteiger charge is -2.29. The van der Waals surface area contributed by atoms with Gasteiger partial charge in [-0.3, -0.25) is 0 Å². The van der Waals surface area contributed by atoms with Gasteiger partial charge < -0.3 is 19.7 Å². The summed E-state index contributed by atoms with van der Waals surface area (Å²) in [6.45, 7) is 4.45. The third kappa shape index (κ3) is 5.07. The predicted molar refractivity (Wildman–Crippen MR) is 61.0 cm³/mol. The Balaban J connectivity index is 2.12. The molecule has 0 amide bonds. The molecule has 0 aromatic rings. The molecule has 0 saturated heterocycles. The first-order valence-electron chi connectivity index (χ1n) is 5.94. The standard InChI is InChI=1S/C12H22O4/c1-2-8-15-9-7-12(14)16-11-6-4-3-5-10(11)13/h2,10-14H,1,3-9H2/t10-,11-,12?/m1/s1. The molecule has 0 spiro atoms. The van der Waals surface area contributed by atoms with Crippen LogP contribution in [-0.4, -0.2) is 41.9 Å². The van der Waals surface area contributed by atoms with E-state index in [1.54, 1.807) is 6.08 Å². The van der Waals surface area contributed by atoms with Crippen LogP contribution in [0.3, 0.4) is 0 Å². The van der Waals surface area contributed by atoms with E-state index in [0.717, 1.165) is 25.7 Å². The largest absolute Gasteiger partial charge is 0.390 e. The highest BCUT2D eigenvalue weighted by Gasteiger charge is 2.25. The molecule has 0 bridgehead atoms. The van der Waals surface area contributed by atoms with Crippen LogP contribution in [0, 0.1) is 0 Å². The fraction of sp³-hybridized carbons (Fsp3) is 0.833. The van der Waals surface area contributed by atoms with E-state index in [-0.39, 0.29) is 6.10 Å². The summed E-state index contributed by atoms with van der Waals surface area (Å²) >= 11 is 0. The van der Waals surface area contributed by atoms with E-state index in [9.17, 15) is 10.2 Å². The minimum atomic E-state index is -0.845. The molecule has 1 rings (SSSR count). The van der Waals surface area contributed by atoms with Gasteiger partial charge in [-0.15, -0.1) is 6.58 Å². The maximum absolute atomic E-state index is 9.65. The average Bonchev–Trinajstić information content (AvgIpc) is 2.28. The zero-order chi connectivity index (χ0) is 11.8. The van der Waals surface area contributed by atoms with Gasteiger partial charge in [-0.05, 0) is 12.8 Å². The van der Waals surface area contributed by atoms with E-state index in [4.69, 9.17) is 9.47 Å². The first-order chi connectivity index (χ1) is 7.74. The van der Waals surface area contributed by atoms with Gasteiger partial charge >= 0.3 is 0 Å². The van der Waals surface area contributed by atoms with Gasteiger partial charge in [0, 0.05) is 6.42 Å². The second kappa shape index (κ2) is 7.79. The Labute approximate surface area is 96.9 Å². The summed E-state index contributed by atoms with van der Waals surface area (Å²) in [6, 6.07) is 0. The molecule has 94 valence electrons. The predicted octanol–water partition coefficient (Wildman–Crippen LogP) is 1.22. The monoisotopic (exact) mass is 230 g/mol. The Kier molecular flexibility index (Phi) is 6.64. The first-order valence-corrected chi connectivity index (χ1v) is 5.94. The van der Waals surface area contributed by atoms with Crippen LogP contribution in [0.15, 0.2) is 12.7 Å². The average molecular weight is 230 g/mol. The van der Waals surface area contributed by atoms with Gasteiger partial charge in [-0.1, -0.05) is 18.9 Å². The topological polar surface area (TPSA) is 58.9 Å². The van der Waals surface area contributed by atoms with Gasteiger partial charge in [0.05, 0.1) is 25.4 Å². The fourth-order valence-electron chi connectivity index (χ4n) is 1.86. The van der Waals surface area contributed by atoms with Crippen molar-refractivity contribution in [2.75, 3.05) is 13.2 Å². The summed E-state index contributed by atoms with van der Waals surface area (Å²) in [5, 5.41) is 19.2. The highest BCUT2D eigenvalue weighted by Crippen LogP contribution is 2.22. The molecule has 1 aliphatic rings. The summed E-state index contributed by atoms with van der Waals surface area (Å²) in [5.74, 6) is 0. The van der Waals surface area contributed by atoms with Gasteiger partial charge in [0.25, 0.3) is 0 Å². The van der Waals surface area contributed by atoms with Crippen LogP contribution in [0.4, 0.5) is 0 Å². The van der Waals surface area contributed by atoms with Crippen molar-refractivity contribution in [2.24, 2.45) is 0 Å². The van der Waals surface area contributed by atoms with Gasteiger partial charge in [-0.2, -0.15) is 0 Å². The molecule has 0 aromatic carbocycles. The smallest absolute Gasteiger partial charge is 0.157 e. The zero-order valence-corrected chi connectivity index (χ0v) is 9.68. The van der Waals surface area contributed by atoms with Gasteiger partial charge in [0.15, 0.2) is 6.29 Å². The Morgan fingerprint density at radius 1 is 1.38 bits per heavy atom. The van der Waals surface area contributed by atoms with Crippen molar-refractivity contribution >= 4 is 0 Å².